The Morgan fingerprint density at radius 1 is 1.07 bits per heavy atom. The van der Waals surface area contributed by atoms with Gasteiger partial charge in [-0.05, 0) is 115 Å². The fourth-order valence-electron chi connectivity index (χ4n) is 6.46. The molecule has 1 aromatic heterocycles. The summed E-state index contributed by atoms with van der Waals surface area (Å²) in [6.45, 7) is 13.1. The topological polar surface area (TPSA) is 66.3 Å². The van der Waals surface area contributed by atoms with Crippen molar-refractivity contribution < 1.29 is 9.47 Å². The van der Waals surface area contributed by atoms with Crippen LogP contribution in [0.4, 0.5) is 0 Å². The van der Waals surface area contributed by atoms with Gasteiger partial charge in [0.25, 0.3) is 0 Å². The van der Waals surface area contributed by atoms with Crippen molar-refractivity contribution in [3.63, 3.8) is 0 Å². The summed E-state index contributed by atoms with van der Waals surface area (Å²) in [6, 6.07) is 9.64. The van der Waals surface area contributed by atoms with Gasteiger partial charge < -0.3 is 29.6 Å². The average Bonchev–Trinajstić information content (AvgIpc) is 3.15. The van der Waals surface area contributed by atoms with Gasteiger partial charge in [0.05, 0.1) is 25.4 Å². The summed E-state index contributed by atoms with van der Waals surface area (Å²) in [6.07, 6.45) is 10.3. The highest BCUT2D eigenvalue weighted by atomic mass is 16.5. The normalized spacial score (nSPS) is 24.6. The molecule has 8 heteroatoms. The van der Waals surface area contributed by atoms with Crippen molar-refractivity contribution >= 4 is 16.7 Å². The van der Waals surface area contributed by atoms with Crippen LogP contribution in [-0.4, -0.2) is 99.0 Å². The molecule has 2 aromatic rings. The van der Waals surface area contributed by atoms with Crippen LogP contribution in [0.25, 0.3) is 10.9 Å². The molecule has 1 aromatic carbocycles. The number of fused-ring (bicyclic) bond motifs is 1. The van der Waals surface area contributed by atoms with E-state index in [1.165, 1.54) is 42.3 Å². The van der Waals surface area contributed by atoms with E-state index in [1.54, 1.807) is 0 Å². The highest BCUT2D eigenvalue weighted by Crippen LogP contribution is 2.29. The van der Waals surface area contributed by atoms with E-state index in [0.717, 1.165) is 88.8 Å². The lowest BCUT2D eigenvalue weighted by Gasteiger charge is -2.27. The molecule has 3 aliphatic heterocycles. The van der Waals surface area contributed by atoms with Crippen LogP contribution in [0, 0.1) is 0 Å². The van der Waals surface area contributed by atoms with Gasteiger partial charge in [0.15, 0.2) is 0 Å². The number of amidine groups is 1. The number of aliphatic imine (C=N–C) groups is 1. The Morgan fingerprint density at radius 2 is 1.93 bits per heavy atom. The lowest BCUT2D eigenvalue weighted by molar-refractivity contribution is -0.00386. The maximum Gasteiger partial charge on any atom is 0.133 e. The van der Waals surface area contributed by atoms with E-state index in [1.807, 2.05) is 7.05 Å². The van der Waals surface area contributed by atoms with Crippen LogP contribution in [0.2, 0.25) is 0 Å². The molecule has 0 bridgehead atoms. The average molecular weight is 565 g/mol. The number of benzene rings is 1. The van der Waals surface area contributed by atoms with Crippen LogP contribution in [-0.2, 0) is 9.47 Å². The molecule has 5 rings (SSSR count). The monoisotopic (exact) mass is 564 g/mol. The van der Waals surface area contributed by atoms with Gasteiger partial charge in [-0.15, -0.1) is 0 Å². The third-order valence-electron chi connectivity index (χ3n) is 9.08. The van der Waals surface area contributed by atoms with Crippen molar-refractivity contribution in [1.82, 2.24) is 25.0 Å². The standard InChI is InChI=1S/C33H52N6O2/c1-33(2)14-5-8-28(25-41-33)32(35-15-7-17-38-20-22-40-23-21-38)36-31(34-3)27-10-11-30-26(24-27)12-19-39(30)29-9-6-16-37(4)18-13-29/h10-12,19,24,29,35H,5-9,13-18,20-23,25H2,1-4H3,(H,34,36)/b32-28+. The van der Waals surface area contributed by atoms with Crippen molar-refractivity contribution in [3.05, 3.63) is 47.4 Å². The molecular weight excluding hydrogens is 512 g/mol. The second-order valence-corrected chi connectivity index (χ2v) is 12.7. The van der Waals surface area contributed by atoms with Crippen LogP contribution in [0.15, 0.2) is 46.8 Å². The molecule has 0 saturated carbocycles. The smallest absolute Gasteiger partial charge is 0.133 e. The number of ether oxygens (including phenoxy) is 2. The Balaban J connectivity index is 1.31. The van der Waals surface area contributed by atoms with E-state index >= 15 is 0 Å². The fourth-order valence-corrected chi connectivity index (χ4v) is 6.46. The Bertz CT molecular complexity index is 1200. The molecule has 1 atom stereocenters. The van der Waals surface area contributed by atoms with Gasteiger partial charge in [-0.25, -0.2) is 0 Å². The van der Waals surface area contributed by atoms with E-state index in [2.05, 4.69) is 76.4 Å². The first-order valence-electron chi connectivity index (χ1n) is 15.9. The second kappa shape index (κ2) is 14.2. The van der Waals surface area contributed by atoms with E-state index in [-0.39, 0.29) is 5.60 Å². The Hall–Kier alpha value is -2.39. The maximum atomic E-state index is 6.33. The number of hydrogen-bond donors (Lipinski definition) is 2. The minimum Gasteiger partial charge on any atom is -0.379 e. The number of hydrogen-bond acceptors (Lipinski definition) is 6. The Kier molecular flexibility index (Phi) is 10.4. The van der Waals surface area contributed by atoms with Crippen LogP contribution >= 0.6 is 0 Å². The van der Waals surface area contributed by atoms with Crippen LogP contribution < -0.4 is 10.6 Å². The van der Waals surface area contributed by atoms with E-state index in [9.17, 15) is 0 Å². The lowest BCUT2D eigenvalue weighted by Crippen LogP contribution is -2.39. The van der Waals surface area contributed by atoms with Gasteiger partial charge in [-0.1, -0.05) is 0 Å². The van der Waals surface area contributed by atoms with Crippen molar-refractivity contribution in [1.29, 1.82) is 0 Å². The van der Waals surface area contributed by atoms with Gasteiger partial charge in [0, 0.05) is 55.4 Å². The molecule has 8 nitrogen and oxygen atoms in total. The van der Waals surface area contributed by atoms with Crippen LogP contribution in [0.3, 0.4) is 0 Å². The molecular formula is C33H52N6O2. The van der Waals surface area contributed by atoms with Crippen LogP contribution in [0.5, 0.6) is 0 Å². The number of morpholine rings is 1. The zero-order chi connectivity index (χ0) is 28.7. The van der Waals surface area contributed by atoms with Gasteiger partial charge in [-0.3, -0.25) is 9.89 Å². The molecule has 0 amide bonds. The SMILES string of the molecule is CN=C(N/C(NCCCN1CCOCC1)=C1\CCCC(C)(C)OC1)c1ccc2c(ccn2C2CCCN(C)CC2)c1. The number of aromatic nitrogens is 1. The Labute approximate surface area is 247 Å². The first-order valence-corrected chi connectivity index (χ1v) is 15.9. The van der Waals surface area contributed by atoms with E-state index < -0.39 is 0 Å². The van der Waals surface area contributed by atoms with Gasteiger partial charge in [0.2, 0.25) is 0 Å². The molecule has 0 aliphatic carbocycles. The highest BCUT2D eigenvalue weighted by molar-refractivity contribution is 6.02. The largest absolute Gasteiger partial charge is 0.379 e. The molecule has 41 heavy (non-hydrogen) atoms. The molecule has 226 valence electrons. The number of rotatable bonds is 8. The third-order valence-corrected chi connectivity index (χ3v) is 9.08. The molecule has 3 fully saturated rings. The summed E-state index contributed by atoms with van der Waals surface area (Å²) in [4.78, 5) is 9.68. The molecule has 0 spiro atoms. The summed E-state index contributed by atoms with van der Waals surface area (Å²) in [5.41, 5.74) is 3.64. The molecule has 0 radical (unpaired) electrons. The fraction of sp³-hybridized carbons (Fsp3) is 0.667. The lowest BCUT2D eigenvalue weighted by atomic mass is 10.0. The van der Waals surface area contributed by atoms with Gasteiger partial charge >= 0.3 is 0 Å². The van der Waals surface area contributed by atoms with E-state index in [0.29, 0.717) is 12.6 Å². The number of nitrogens with one attached hydrogen (secondary N) is 2. The van der Waals surface area contributed by atoms with Gasteiger partial charge in [0.1, 0.15) is 11.7 Å². The summed E-state index contributed by atoms with van der Waals surface area (Å²) in [7, 11) is 4.12. The predicted octanol–water partition coefficient (Wildman–Crippen LogP) is 4.77. The van der Waals surface area contributed by atoms with Crippen molar-refractivity contribution in [2.24, 2.45) is 4.99 Å². The Morgan fingerprint density at radius 3 is 2.76 bits per heavy atom. The predicted molar refractivity (Wildman–Crippen MR) is 169 cm³/mol. The highest BCUT2D eigenvalue weighted by Gasteiger charge is 2.24. The quantitative estimate of drug-likeness (QED) is 0.274. The van der Waals surface area contributed by atoms with Gasteiger partial charge in [-0.2, -0.15) is 0 Å². The molecule has 3 saturated heterocycles. The number of nitrogens with zero attached hydrogens (tertiary/aromatic N) is 4. The molecule has 3 aliphatic rings. The molecule has 2 N–H and O–H groups in total. The summed E-state index contributed by atoms with van der Waals surface area (Å²) < 4.78 is 14.3. The number of likely N-dealkylation sites (tertiary alicyclic amines) is 1. The first kappa shape index (κ1) is 30.1. The van der Waals surface area contributed by atoms with Crippen molar-refractivity contribution in [2.75, 3.05) is 73.2 Å². The summed E-state index contributed by atoms with van der Waals surface area (Å²) >= 11 is 0. The zero-order valence-corrected chi connectivity index (χ0v) is 25.9. The minimum absolute atomic E-state index is 0.0875. The molecule has 4 heterocycles. The van der Waals surface area contributed by atoms with E-state index in [4.69, 9.17) is 14.5 Å². The summed E-state index contributed by atoms with van der Waals surface area (Å²) in [5.74, 6) is 1.95. The van der Waals surface area contributed by atoms with Crippen molar-refractivity contribution in [3.8, 4) is 0 Å². The minimum atomic E-state index is -0.0875. The summed E-state index contributed by atoms with van der Waals surface area (Å²) in [5, 5.41) is 8.75. The first-order chi connectivity index (χ1) is 19.9. The maximum absolute atomic E-state index is 6.33. The van der Waals surface area contributed by atoms with Crippen LogP contribution in [0.1, 0.15) is 70.4 Å². The third kappa shape index (κ3) is 8.13. The second-order valence-electron chi connectivity index (χ2n) is 12.7. The zero-order valence-electron chi connectivity index (χ0n) is 25.9. The van der Waals surface area contributed by atoms with Crippen molar-refractivity contribution in [2.45, 2.75) is 70.4 Å². The molecule has 1 unspecified atom stereocenters.